The first kappa shape index (κ1) is 13.0. The summed E-state index contributed by atoms with van der Waals surface area (Å²) in [5, 5.41) is 11.9. The predicted molar refractivity (Wildman–Crippen MR) is 76.4 cm³/mol. The molecule has 2 aliphatic carbocycles. The lowest BCUT2D eigenvalue weighted by Gasteiger charge is -2.37. The average Bonchev–Trinajstić information content (AvgIpc) is 3.12. The second kappa shape index (κ2) is 4.40. The minimum atomic E-state index is -0.503. The number of carbonyl (C=O) groups excluding carboxylic acids is 2. The molecule has 4 atom stereocenters. The number of nitro groups is 1. The highest BCUT2D eigenvalue weighted by atomic mass is 16.6. The molecule has 0 radical (unpaired) electrons. The lowest BCUT2D eigenvalue weighted by atomic mass is 9.80. The largest absolute Gasteiger partial charge is 0.273 e. The van der Waals surface area contributed by atoms with E-state index in [1.165, 1.54) is 29.3 Å². The average molecular weight is 299 g/mol. The van der Waals surface area contributed by atoms with Crippen molar-refractivity contribution in [3.63, 3.8) is 0 Å². The first-order valence-corrected chi connectivity index (χ1v) is 7.13. The van der Waals surface area contributed by atoms with Gasteiger partial charge in [-0.3, -0.25) is 25.1 Å². The van der Waals surface area contributed by atoms with E-state index < -0.39 is 4.92 Å². The topological polar surface area (TPSA) is 92.6 Å². The van der Waals surface area contributed by atoms with Gasteiger partial charge in [-0.05, 0) is 30.4 Å². The second-order valence-electron chi connectivity index (χ2n) is 5.92. The molecule has 2 amide bonds. The maximum Gasteiger partial charge on any atom is 0.269 e. The third-order valence-corrected chi connectivity index (χ3v) is 4.81. The van der Waals surface area contributed by atoms with Crippen LogP contribution in [0.5, 0.6) is 0 Å². The molecular weight excluding hydrogens is 286 g/mol. The summed E-state index contributed by atoms with van der Waals surface area (Å²) in [5.41, 5.74) is 3.01. The van der Waals surface area contributed by atoms with Gasteiger partial charge in [0.05, 0.1) is 22.4 Å². The molecule has 7 heteroatoms. The van der Waals surface area contributed by atoms with Crippen LogP contribution in [0.25, 0.3) is 0 Å². The highest BCUT2D eigenvalue weighted by molar-refractivity contribution is 6.05. The number of carbonyl (C=O) groups is 2. The molecule has 0 aromatic heterocycles. The van der Waals surface area contributed by atoms with Crippen molar-refractivity contribution in [2.45, 2.75) is 6.42 Å². The zero-order valence-corrected chi connectivity index (χ0v) is 11.5. The molecule has 1 saturated heterocycles. The first-order valence-electron chi connectivity index (χ1n) is 7.13. The summed E-state index contributed by atoms with van der Waals surface area (Å²) in [5.74, 6) is -0.627. The Labute approximate surface area is 125 Å². The van der Waals surface area contributed by atoms with Crippen molar-refractivity contribution >= 4 is 23.2 Å². The summed E-state index contributed by atoms with van der Waals surface area (Å²) in [4.78, 5) is 35.2. The SMILES string of the molecule is O=C1NN(c2ccc([N+](=O)[O-])cc2)C(=O)[C@H]2[C@@H]1[C@H]1C=C[C@@H]2C1. The Bertz CT molecular complexity index is 712. The van der Waals surface area contributed by atoms with Crippen molar-refractivity contribution in [3.05, 3.63) is 46.5 Å². The maximum atomic E-state index is 12.7. The fraction of sp³-hybridized carbons (Fsp3) is 0.333. The number of benzene rings is 1. The van der Waals surface area contributed by atoms with Crippen LogP contribution in [0.3, 0.4) is 0 Å². The number of nitrogens with zero attached hydrogens (tertiary/aromatic N) is 2. The molecule has 112 valence electrons. The lowest BCUT2D eigenvalue weighted by Crippen LogP contribution is -2.60. The zero-order chi connectivity index (χ0) is 15.4. The molecule has 0 spiro atoms. The number of non-ortho nitro benzene ring substituents is 1. The monoisotopic (exact) mass is 299 g/mol. The number of nitro benzene ring substituents is 1. The van der Waals surface area contributed by atoms with Crippen LogP contribution in [0.4, 0.5) is 11.4 Å². The molecule has 7 nitrogen and oxygen atoms in total. The fourth-order valence-corrected chi connectivity index (χ4v) is 3.82. The third kappa shape index (κ3) is 1.68. The summed E-state index contributed by atoms with van der Waals surface area (Å²) in [7, 11) is 0. The van der Waals surface area contributed by atoms with E-state index in [-0.39, 0.29) is 41.2 Å². The van der Waals surface area contributed by atoms with Gasteiger partial charge >= 0.3 is 0 Å². The molecule has 1 heterocycles. The van der Waals surface area contributed by atoms with Crippen molar-refractivity contribution in [3.8, 4) is 0 Å². The van der Waals surface area contributed by atoms with Gasteiger partial charge in [-0.1, -0.05) is 12.2 Å². The highest BCUT2D eigenvalue weighted by Gasteiger charge is 2.55. The highest BCUT2D eigenvalue weighted by Crippen LogP contribution is 2.50. The smallest absolute Gasteiger partial charge is 0.269 e. The minimum Gasteiger partial charge on any atom is -0.273 e. The number of fused-ring (bicyclic) bond motifs is 5. The van der Waals surface area contributed by atoms with Gasteiger partial charge in [0, 0.05) is 12.1 Å². The molecule has 4 rings (SSSR count). The van der Waals surface area contributed by atoms with Crippen LogP contribution in [-0.2, 0) is 9.59 Å². The molecule has 0 unspecified atom stereocenters. The summed E-state index contributed by atoms with van der Waals surface area (Å²) in [6.07, 6.45) is 4.90. The van der Waals surface area contributed by atoms with Crippen molar-refractivity contribution in [1.29, 1.82) is 0 Å². The number of rotatable bonds is 2. The van der Waals surface area contributed by atoms with Crippen LogP contribution in [-0.4, -0.2) is 16.7 Å². The van der Waals surface area contributed by atoms with Crippen LogP contribution < -0.4 is 10.4 Å². The normalized spacial score (nSPS) is 32.1. The van der Waals surface area contributed by atoms with E-state index >= 15 is 0 Å². The summed E-state index contributed by atoms with van der Waals surface area (Å²) in [6.45, 7) is 0. The van der Waals surface area contributed by atoms with E-state index in [1.807, 2.05) is 12.2 Å². The van der Waals surface area contributed by atoms with Crippen LogP contribution in [0, 0.1) is 33.8 Å². The minimum absolute atomic E-state index is 0.0553. The van der Waals surface area contributed by atoms with Crippen LogP contribution in [0.2, 0.25) is 0 Å². The molecular formula is C15H13N3O4. The Balaban J connectivity index is 1.66. The predicted octanol–water partition coefficient (Wildman–Crippen LogP) is 1.41. The van der Waals surface area contributed by atoms with Crippen molar-refractivity contribution < 1.29 is 14.5 Å². The van der Waals surface area contributed by atoms with Gasteiger partial charge in [0.1, 0.15) is 0 Å². The summed E-state index contributed by atoms with van der Waals surface area (Å²) in [6, 6.07) is 5.59. The molecule has 1 N–H and O–H groups in total. The first-order chi connectivity index (χ1) is 10.6. The Kier molecular flexibility index (Phi) is 2.60. The summed E-state index contributed by atoms with van der Waals surface area (Å²) < 4.78 is 0. The second-order valence-corrected chi connectivity index (χ2v) is 5.92. The van der Waals surface area contributed by atoms with E-state index in [9.17, 15) is 19.7 Å². The van der Waals surface area contributed by atoms with Crippen LogP contribution in [0.15, 0.2) is 36.4 Å². The van der Waals surface area contributed by atoms with Gasteiger partial charge < -0.3 is 0 Å². The van der Waals surface area contributed by atoms with Gasteiger partial charge in [-0.15, -0.1) is 0 Å². The molecule has 2 fully saturated rings. The van der Waals surface area contributed by atoms with Crippen LogP contribution >= 0.6 is 0 Å². The number of hydrogen-bond donors (Lipinski definition) is 1. The number of amides is 2. The number of anilines is 1. The van der Waals surface area contributed by atoms with E-state index in [4.69, 9.17) is 0 Å². The Morgan fingerprint density at radius 2 is 1.73 bits per heavy atom. The van der Waals surface area contributed by atoms with Gasteiger partial charge in [0.25, 0.3) is 5.69 Å². The van der Waals surface area contributed by atoms with Crippen molar-refractivity contribution in [2.75, 3.05) is 5.01 Å². The Morgan fingerprint density at radius 3 is 2.36 bits per heavy atom. The zero-order valence-electron chi connectivity index (χ0n) is 11.5. The lowest BCUT2D eigenvalue weighted by molar-refractivity contribution is -0.384. The van der Waals surface area contributed by atoms with E-state index in [1.54, 1.807) is 0 Å². The molecule has 22 heavy (non-hydrogen) atoms. The molecule has 2 bridgehead atoms. The van der Waals surface area contributed by atoms with E-state index in [0.717, 1.165) is 6.42 Å². The number of hydrogen-bond acceptors (Lipinski definition) is 4. The Hall–Kier alpha value is -2.70. The molecule has 1 saturated carbocycles. The molecule has 1 aromatic rings. The number of nitrogens with one attached hydrogen (secondary N) is 1. The van der Waals surface area contributed by atoms with E-state index in [2.05, 4.69) is 5.43 Å². The fourth-order valence-electron chi connectivity index (χ4n) is 3.82. The van der Waals surface area contributed by atoms with Gasteiger partial charge in [0.2, 0.25) is 11.8 Å². The van der Waals surface area contributed by atoms with Crippen molar-refractivity contribution in [1.82, 2.24) is 5.43 Å². The Morgan fingerprint density at radius 1 is 1.09 bits per heavy atom. The molecule has 3 aliphatic rings. The van der Waals surface area contributed by atoms with E-state index in [0.29, 0.717) is 5.69 Å². The van der Waals surface area contributed by atoms with Crippen LogP contribution in [0.1, 0.15) is 6.42 Å². The summed E-state index contributed by atoms with van der Waals surface area (Å²) >= 11 is 0. The van der Waals surface area contributed by atoms with Gasteiger partial charge in [0.15, 0.2) is 0 Å². The number of hydrazine groups is 1. The molecule has 1 aromatic carbocycles. The van der Waals surface area contributed by atoms with Crippen molar-refractivity contribution in [2.24, 2.45) is 23.7 Å². The maximum absolute atomic E-state index is 12.7. The standard InChI is InChI=1S/C15H13N3O4/c19-14-12-8-1-2-9(7-8)13(12)15(20)17(16-14)10-3-5-11(6-4-10)18(21)22/h1-6,8-9,12-13H,7H2,(H,16,19)/t8-,9+,12-,13+/m0/s1. The number of allylic oxidation sites excluding steroid dienone is 2. The van der Waals surface area contributed by atoms with Gasteiger partial charge in [-0.2, -0.15) is 0 Å². The third-order valence-electron chi connectivity index (χ3n) is 4.81. The molecule has 1 aliphatic heterocycles. The quantitative estimate of drug-likeness (QED) is 0.507. The van der Waals surface area contributed by atoms with Gasteiger partial charge in [-0.25, -0.2) is 5.01 Å².